The summed E-state index contributed by atoms with van der Waals surface area (Å²) in [5, 5.41) is 24.7. The van der Waals surface area contributed by atoms with Crippen molar-refractivity contribution in [3.63, 3.8) is 0 Å². The third-order valence-electron chi connectivity index (χ3n) is 6.44. The van der Waals surface area contributed by atoms with Gasteiger partial charge in [-0.1, -0.05) is 60.7 Å². The van der Waals surface area contributed by atoms with Gasteiger partial charge in [0.05, 0.1) is 0 Å². The Kier molecular flexibility index (Phi) is 11.3. The number of carbonyl (C=O) groups is 3. The highest BCUT2D eigenvalue weighted by Crippen LogP contribution is 2.39. The van der Waals surface area contributed by atoms with Crippen molar-refractivity contribution in [2.45, 2.75) is 44.9 Å². The maximum absolute atomic E-state index is 12.8. The molecule has 0 unspecified atom stereocenters. The van der Waals surface area contributed by atoms with Crippen LogP contribution in [0.4, 0.5) is 0 Å². The van der Waals surface area contributed by atoms with Crippen LogP contribution in [0.5, 0.6) is 0 Å². The summed E-state index contributed by atoms with van der Waals surface area (Å²) in [6.07, 6.45) is 2.24. The summed E-state index contributed by atoms with van der Waals surface area (Å²) < 4.78 is 11.1. The van der Waals surface area contributed by atoms with E-state index < -0.39 is 17.5 Å². The van der Waals surface area contributed by atoms with Crippen LogP contribution in [0.2, 0.25) is 0 Å². The number of nitrogens with zero attached hydrogens (tertiary/aromatic N) is 4. The normalized spacial score (nSPS) is 14.6. The molecule has 2 aromatic carbocycles. The molecule has 12 heteroatoms. The van der Waals surface area contributed by atoms with Crippen molar-refractivity contribution in [3.8, 4) is 0 Å². The number of carbonyl (C=O) groups excluding carboxylic acids is 1. The third kappa shape index (κ3) is 8.43. The zero-order valence-electron chi connectivity index (χ0n) is 22.6. The van der Waals surface area contributed by atoms with E-state index in [0.717, 1.165) is 31.6 Å². The van der Waals surface area contributed by atoms with E-state index in [4.69, 9.17) is 33.8 Å². The van der Waals surface area contributed by atoms with Crippen LogP contribution in [-0.4, -0.2) is 75.0 Å². The van der Waals surface area contributed by atoms with Crippen LogP contribution in [0.3, 0.4) is 0 Å². The minimum absolute atomic E-state index is 0.194. The Bertz CT molecular complexity index is 1220. The van der Waals surface area contributed by atoms with Crippen molar-refractivity contribution in [2.24, 2.45) is 0 Å². The molecule has 1 saturated heterocycles. The molecule has 2 heterocycles. The van der Waals surface area contributed by atoms with Crippen LogP contribution in [-0.2, 0) is 49.1 Å². The Hall–Kier alpha value is -4.13. The Balaban J connectivity index is 0.000000663. The number of aliphatic carboxylic acids is 2. The van der Waals surface area contributed by atoms with Crippen LogP contribution >= 0.6 is 0 Å². The van der Waals surface area contributed by atoms with Crippen molar-refractivity contribution >= 4 is 17.8 Å². The number of hydroxylamine groups is 2. The number of carboxylic acid groups (broad SMARTS) is 2. The Morgan fingerprint density at radius 2 is 1.50 bits per heavy atom. The molecule has 0 spiro atoms. The summed E-state index contributed by atoms with van der Waals surface area (Å²) in [6, 6.07) is 20.3. The van der Waals surface area contributed by atoms with E-state index in [-0.39, 0.29) is 19.1 Å². The number of benzene rings is 2. The van der Waals surface area contributed by atoms with E-state index in [0.29, 0.717) is 24.6 Å². The number of rotatable bonds is 10. The highest BCUT2D eigenvalue weighted by Gasteiger charge is 2.48. The van der Waals surface area contributed by atoms with Gasteiger partial charge in [-0.25, -0.2) is 14.7 Å². The van der Waals surface area contributed by atoms with Gasteiger partial charge >= 0.3 is 11.9 Å². The molecule has 0 radical (unpaired) electrons. The molecular formula is C28H34N4O8. The Morgan fingerprint density at radius 3 is 2.02 bits per heavy atom. The van der Waals surface area contributed by atoms with Crippen molar-refractivity contribution in [1.82, 2.24) is 20.2 Å². The Labute approximate surface area is 232 Å². The summed E-state index contributed by atoms with van der Waals surface area (Å²) in [5.41, 5.74) is 1.47. The number of methoxy groups -OCH3 is 1. The van der Waals surface area contributed by atoms with Gasteiger partial charge in [-0.3, -0.25) is 9.63 Å². The van der Waals surface area contributed by atoms with Crippen LogP contribution in [0.1, 0.15) is 42.7 Å². The standard InChI is InChI=1S/C26H32N4O4.C2H2O4/c1-21(31)30(33-19-23-11-7-4-8-12-23)26(25-28-27-24(34-25)20-32-2)14-17-29(18-15-26)16-13-22-9-5-3-6-10-22;3-1(4)2(5)6/h3-12H,13-20H2,1-2H3;(H,3,4)(H,5,6). The van der Waals surface area contributed by atoms with Gasteiger partial charge in [-0.2, -0.15) is 0 Å². The van der Waals surface area contributed by atoms with Gasteiger partial charge in [0.25, 0.3) is 0 Å². The van der Waals surface area contributed by atoms with Crippen LogP contribution in [0.25, 0.3) is 0 Å². The lowest BCUT2D eigenvalue weighted by molar-refractivity contribution is -0.243. The first kappa shape index (κ1) is 30.4. The van der Waals surface area contributed by atoms with Crippen molar-refractivity contribution in [1.29, 1.82) is 0 Å². The van der Waals surface area contributed by atoms with Gasteiger partial charge in [0.1, 0.15) is 13.2 Å². The second-order valence-corrected chi connectivity index (χ2v) is 9.23. The predicted molar refractivity (Wildman–Crippen MR) is 142 cm³/mol. The summed E-state index contributed by atoms with van der Waals surface area (Å²) in [6.45, 7) is 4.53. The fraction of sp³-hybridized carbons (Fsp3) is 0.393. The molecule has 3 aromatic rings. The smallest absolute Gasteiger partial charge is 0.414 e. The molecule has 0 bridgehead atoms. The quantitative estimate of drug-likeness (QED) is 0.281. The molecule has 0 saturated carbocycles. The minimum atomic E-state index is -1.82. The lowest BCUT2D eigenvalue weighted by Crippen LogP contribution is -2.55. The maximum Gasteiger partial charge on any atom is 0.414 e. The maximum atomic E-state index is 12.8. The number of piperidine rings is 1. The lowest BCUT2D eigenvalue weighted by Gasteiger charge is -2.45. The van der Waals surface area contributed by atoms with Crippen molar-refractivity contribution in [2.75, 3.05) is 26.7 Å². The molecule has 2 N–H and O–H groups in total. The van der Waals surface area contributed by atoms with Crippen molar-refractivity contribution in [3.05, 3.63) is 83.6 Å². The van der Waals surface area contributed by atoms with Gasteiger partial charge in [0, 0.05) is 33.7 Å². The number of aromatic nitrogens is 2. The average Bonchev–Trinajstić information content (AvgIpc) is 3.43. The van der Waals surface area contributed by atoms with E-state index >= 15 is 0 Å². The second-order valence-electron chi connectivity index (χ2n) is 9.23. The zero-order valence-corrected chi connectivity index (χ0v) is 22.6. The highest BCUT2D eigenvalue weighted by atomic mass is 16.7. The van der Waals surface area contributed by atoms with E-state index in [1.807, 2.05) is 36.4 Å². The molecule has 1 aliphatic rings. The number of carboxylic acids is 2. The van der Waals surface area contributed by atoms with Crippen LogP contribution in [0, 0.1) is 0 Å². The molecule has 214 valence electrons. The summed E-state index contributed by atoms with van der Waals surface area (Å²) in [4.78, 5) is 39.6. The fourth-order valence-electron chi connectivity index (χ4n) is 4.43. The van der Waals surface area contributed by atoms with E-state index in [1.54, 1.807) is 7.11 Å². The SMILES string of the molecule is COCc1nnc(C2(N(OCc3ccccc3)C(C)=O)CCN(CCc3ccccc3)CC2)o1.O=C(O)C(=O)O. The fourth-order valence-corrected chi connectivity index (χ4v) is 4.43. The first-order valence-electron chi connectivity index (χ1n) is 12.8. The molecule has 1 amide bonds. The molecule has 12 nitrogen and oxygen atoms in total. The molecule has 4 rings (SSSR count). The number of likely N-dealkylation sites (tertiary alicyclic amines) is 1. The first-order valence-corrected chi connectivity index (χ1v) is 12.8. The molecule has 1 aromatic heterocycles. The van der Waals surface area contributed by atoms with E-state index in [2.05, 4.69) is 39.4 Å². The summed E-state index contributed by atoms with van der Waals surface area (Å²) in [5.74, 6) is -3.06. The Morgan fingerprint density at radius 1 is 0.925 bits per heavy atom. The highest BCUT2D eigenvalue weighted by molar-refractivity contribution is 6.27. The molecule has 1 fully saturated rings. The lowest BCUT2D eigenvalue weighted by atomic mass is 9.86. The van der Waals surface area contributed by atoms with E-state index in [1.165, 1.54) is 17.6 Å². The molecule has 40 heavy (non-hydrogen) atoms. The number of hydrogen-bond donors (Lipinski definition) is 2. The topological polar surface area (TPSA) is 156 Å². The average molecular weight is 555 g/mol. The van der Waals surface area contributed by atoms with Gasteiger partial charge < -0.3 is 24.3 Å². The third-order valence-corrected chi connectivity index (χ3v) is 6.44. The summed E-state index contributed by atoms with van der Waals surface area (Å²) >= 11 is 0. The largest absolute Gasteiger partial charge is 0.473 e. The number of hydrogen-bond acceptors (Lipinski definition) is 9. The predicted octanol–water partition coefficient (Wildman–Crippen LogP) is 2.89. The minimum Gasteiger partial charge on any atom is -0.473 e. The monoisotopic (exact) mass is 554 g/mol. The van der Waals surface area contributed by atoms with Crippen molar-refractivity contribution < 1.29 is 38.6 Å². The number of amides is 1. The summed E-state index contributed by atoms with van der Waals surface area (Å²) in [7, 11) is 1.58. The molecule has 0 atom stereocenters. The van der Waals surface area contributed by atoms with Crippen LogP contribution < -0.4 is 0 Å². The zero-order chi connectivity index (χ0) is 29.0. The van der Waals surface area contributed by atoms with Crippen LogP contribution in [0.15, 0.2) is 65.1 Å². The van der Waals surface area contributed by atoms with Gasteiger partial charge in [-0.05, 0) is 30.4 Å². The molecule has 1 aliphatic heterocycles. The number of ether oxygens (including phenoxy) is 1. The van der Waals surface area contributed by atoms with Gasteiger partial charge in [-0.15, -0.1) is 10.2 Å². The second kappa shape index (κ2) is 14.9. The van der Waals surface area contributed by atoms with Gasteiger partial charge in [0.2, 0.25) is 17.7 Å². The first-order chi connectivity index (χ1) is 19.2. The van der Waals surface area contributed by atoms with E-state index in [9.17, 15) is 4.79 Å². The van der Waals surface area contributed by atoms with Gasteiger partial charge in [0.15, 0.2) is 5.54 Å². The molecule has 0 aliphatic carbocycles. The molecular weight excluding hydrogens is 520 g/mol.